The minimum atomic E-state index is -6.09. The van der Waals surface area contributed by atoms with Crippen molar-refractivity contribution in [2.45, 2.75) is 5.51 Å². The minimum Gasteiger partial charge on any atom is -0.741 e. The van der Waals surface area contributed by atoms with Crippen molar-refractivity contribution in [3.8, 4) is 5.92 Å². The Labute approximate surface area is 120 Å². The molecule has 18 heavy (non-hydrogen) atoms. The zero-order valence-corrected chi connectivity index (χ0v) is 13.2. The predicted octanol–water partition coefficient (Wildman–Crippen LogP) is 2.33. The van der Waals surface area contributed by atoms with Crippen molar-refractivity contribution in [3.05, 3.63) is 41.3 Å². The Balaban J connectivity index is 0. The molecule has 0 amide bonds. The topological polar surface area (TPSA) is 57.2 Å². The second-order valence-electron chi connectivity index (χ2n) is 2.53. The van der Waals surface area contributed by atoms with Crippen LogP contribution in [0.2, 0.25) is 5.02 Å². The molecular formula is C9H4ClF3O3SZn-. The summed E-state index contributed by atoms with van der Waals surface area (Å²) in [5, 5.41) is 0.689. The van der Waals surface area contributed by atoms with Crippen LogP contribution >= 0.6 is 11.6 Å². The van der Waals surface area contributed by atoms with E-state index in [1.165, 1.54) is 0 Å². The summed E-state index contributed by atoms with van der Waals surface area (Å²) in [5.74, 6) is 2.25. The molecule has 95 valence electrons. The number of hydrogen-bond acceptors (Lipinski definition) is 3. The molecule has 1 radical (unpaired) electrons. The van der Waals surface area contributed by atoms with Crippen molar-refractivity contribution in [3.63, 3.8) is 0 Å². The molecule has 1 rings (SSSR count). The van der Waals surface area contributed by atoms with Crippen LogP contribution in [-0.4, -0.2) is 18.5 Å². The summed E-state index contributed by atoms with van der Waals surface area (Å²) >= 11 is 5.58. The maximum Gasteiger partial charge on any atom is 0.485 e. The zero-order chi connectivity index (χ0) is 13.7. The molecule has 0 aliphatic carbocycles. The van der Waals surface area contributed by atoms with E-state index in [2.05, 4.69) is 5.92 Å². The molecule has 0 atom stereocenters. The first-order valence-electron chi connectivity index (χ1n) is 3.78. The van der Waals surface area contributed by atoms with E-state index in [1.54, 1.807) is 24.3 Å². The summed E-state index contributed by atoms with van der Waals surface area (Å²) < 4.78 is 58.9. The van der Waals surface area contributed by atoms with Crippen molar-refractivity contribution in [2.75, 3.05) is 0 Å². The molecule has 0 bridgehead atoms. The van der Waals surface area contributed by atoms with Crippen LogP contribution in [0.1, 0.15) is 5.56 Å². The first-order valence-corrected chi connectivity index (χ1v) is 5.57. The summed E-state index contributed by atoms with van der Waals surface area (Å²) in [6.45, 7) is 0. The van der Waals surface area contributed by atoms with Gasteiger partial charge in [-0.25, -0.2) is 8.42 Å². The van der Waals surface area contributed by atoms with Crippen LogP contribution in [0.15, 0.2) is 24.3 Å². The van der Waals surface area contributed by atoms with E-state index in [1.807, 2.05) is 0 Å². The monoisotopic (exact) mass is 348 g/mol. The van der Waals surface area contributed by atoms with Crippen LogP contribution in [0.5, 0.6) is 0 Å². The molecule has 3 nitrogen and oxygen atoms in total. The van der Waals surface area contributed by atoms with Gasteiger partial charge in [0.25, 0.3) is 0 Å². The second-order valence-corrected chi connectivity index (χ2v) is 4.34. The van der Waals surface area contributed by atoms with Crippen molar-refractivity contribution < 1.29 is 45.6 Å². The Kier molecular flexibility index (Phi) is 8.49. The molecule has 0 aromatic heterocycles. The smallest absolute Gasteiger partial charge is 0.485 e. The summed E-state index contributed by atoms with van der Waals surface area (Å²) in [6, 6.07) is 6.96. The van der Waals surface area contributed by atoms with Gasteiger partial charge in [0.2, 0.25) is 0 Å². The molecule has 0 aliphatic heterocycles. The van der Waals surface area contributed by atoms with Gasteiger partial charge < -0.3 is 4.55 Å². The molecule has 0 aliphatic rings. The average Bonchev–Trinajstić information content (AvgIpc) is 2.17. The van der Waals surface area contributed by atoms with Gasteiger partial charge in [-0.3, -0.25) is 0 Å². The second kappa shape index (κ2) is 7.75. The molecule has 1 aromatic carbocycles. The fraction of sp³-hybridized carbons (Fsp3) is 0.111. The SMILES string of the molecule is O=S(=O)([O-])C(F)(F)F.[C]#Cc1ccc(Cl)cc1.[Zn]. The molecule has 0 fully saturated rings. The summed E-state index contributed by atoms with van der Waals surface area (Å²) in [4.78, 5) is 0. The van der Waals surface area contributed by atoms with Crippen LogP contribution < -0.4 is 0 Å². The standard InChI is InChI=1S/C8H4Cl.CHF3O3S.Zn/c1-2-7-3-5-8(9)6-4-7;2-1(3,4)8(5,6)7;/h3-6H;(H,5,6,7);/p-1. The van der Waals surface area contributed by atoms with E-state index in [0.717, 1.165) is 5.56 Å². The number of hydrogen-bond donors (Lipinski definition) is 0. The van der Waals surface area contributed by atoms with E-state index < -0.39 is 15.6 Å². The molecule has 0 spiro atoms. The van der Waals surface area contributed by atoms with Crippen molar-refractivity contribution >= 4 is 21.7 Å². The summed E-state index contributed by atoms with van der Waals surface area (Å²) in [6.07, 6.45) is 6.72. The first-order chi connectivity index (χ1) is 7.58. The van der Waals surface area contributed by atoms with Gasteiger partial charge >= 0.3 is 5.51 Å². The summed E-state index contributed by atoms with van der Waals surface area (Å²) in [5.41, 5.74) is -4.90. The quantitative estimate of drug-likeness (QED) is 0.312. The van der Waals surface area contributed by atoms with Crippen LogP contribution in [0.25, 0.3) is 0 Å². The maximum absolute atomic E-state index is 10.7. The van der Waals surface area contributed by atoms with Crippen LogP contribution in [-0.2, 0) is 29.6 Å². The zero-order valence-electron chi connectivity index (χ0n) is 8.66. The Bertz CT molecular complexity index is 505. The van der Waals surface area contributed by atoms with Gasteiger partial charge in [-0.1, -0.05) is 17.5 Å². The fourth-order valence-corrected chi connectivity index (χ4v) is 0.659. The van der Waals surface area contributed by atoms with Crippen molar-refractivity contribution in [1.82, 2.24) is 0 Å². The fourth-order valence-electron chi connectivity index (χ4n) is 0.533. The minimum absolute atomic E-state index is 0. The molecule has 1 aromatic rings. The third kappa shape index (κ3) is 7.67. The predicted molar refractivity (Wildman–Crippen MR) is 53.4 cm³/mol. The molecule has 0 heterocycles. The van der Waals surface area contributed by atoms with Crippen LogP contribution in [0.4, 0.5) is 13.2 Å². The van der Waals surface area contributed by atoms with Crippen molar-refractivity contribution in [1.29, 1.82) is 0 Å². The summed E-state index contributed by atoms with van der Waals surface area (Å²) in [7, 11) is -6.09. The number of halogens is 4. The van der Waals surface area contributed by atoms with Gasteiger partial charge in [0.15, 0.2) is 10.1 Å². The van der Waals surface area contributed by atoms with E-state index in [-0.39, 0.29) is 19.5 Å². The van der Waals surface area contributed by atoms with Gasteiger partial charge in [-0.2, -0.15) is 13.2 Å². The van der Waals surface area contributed by atoms with Gasteiger partial charge in [0, 0.05) is 30.1 Å². The van der Waals surface area contributed by atoms with Crippen molar-refractivity contribution in [2.24, 2.45) is 0 Å². The van der Waals surface area contributed by atoms with Gasteiger partial charge in [-0.15, -0.1) is 0 Å². The largest absolute Gasteiger partial charge is 0.741 e. The molecule has 0 N–H and O–H groups in total. The van der Waals surface area contributed by atoms with Gasteiger partial charge in [0.05, 0.1) is 0 Å². The molecule has 9 heteroatoms. The Hall–Kier alpha value is -0.607. The Morgan fingerprint density at radius 2 is 1.56 bits per heavy atom. The normalized spacial score (nSPS) is 10.4. The molecule has 0 saturated heterocycles. The maximum atomic E-state index is 10.7. The molecular weight excluding hydrogens is 346 g/mol. The third-order valence-electron chi connectivity index (χ3n) is 1.27. The number of rotatable bonds is 0. The number of benzene rings is 1. The van der Waals surface area contributed by atoms with Gasteiger partial charge in [-0.05, 0) is 30.7 Å². The van der Waals surface area contributed by atoms with E-state index >= 15 is 0 Å². The van der Waals surface area contributed by atoms with E-state index in [4.69, 9.17) is 31.0 Å². The van der Waals surface area contributed by atoms with Crippen LogP contribution in [0, 0.1) is 12.3 Å². The van der Waals surface area contributed by atoms with E-state index in [9.17, 15) is 13.2 Å². The van der Waals surface area contributed by atoms with Gasteiger partial charge in [0.1, 0.15) is 0 Å². The molecule has 0 saturated carbocycles. The Morgan fingerprint density at radius 1 is 1.22 bits per heavy atom. The number of alkyl halides is 3. The average molecular weight is 350 g/mol. The molecule has 0 unspecified atom stereocenters. The van der Waals surface area contributed by atoms with E-state index in [0.29, 0.717) is 5.02 Å². The Morgan fingerprint density at radius 3 is 1.78 bits per heavy atom. The van der Waals surface area contributed by atoms with Crippen LogP contribution in [0.3, 0.4) is 0 Å². The first kappa shape index (κ1) is 19.7. The third-order valence-corrected chi connectivity index (χ3v) is 2.09.